The fourth-order valence-electron chi connectivity index (χ4n) is 1.17. The summed E-state index contributed by atoms with van der Waals surface area (Å²) in [5, 5.41) is 0. The van der Waals surface area contributed by atoms with E-state index >= 15 is 0 Å². The molecule has 0 saturated heterocycles. The highest BCUT2D eigenvalue weighted by Gasteiger charge is 2.06. The SMILES string of the molecule is COCc1ncc([C@@H](C)N)c(C)n1. The summed E-state index contributed by atoms with van der Waals surface area (Å²) in [6, 6.07) is -0.0170. The largest absolute Gasteiger partial charge is 0.377 e. The van der Waals surface area contributed by atoms with Crippen LogP contribution in [0.4, 0.5) is 0 Å². The van der Waals surface area contributed by atoms with Crippen LogP contribution in [0.3, 0.4) is 0 Å². The second-order valence-electron chi connectivity index (χ2n) is 3.05. The van der Waals surface area contributed by atoms with E-state index in [1.165, 1.54) is 0 Å². The van der Waals surface area contributed by atoms with Crippen LogP contribution in [-0.4, -0.2) is 17.1 Å². The number of hydrogen-bond donors (Lipinski definition) is 1. The Morgan fingerprint density at radius 2 is 2.31 bits per heavy atom. The number of rotatable bonds is 3. The van der Waals surface area contributed by atoms with Crippen LogP contribution in [0.1, 0.15) is 30.0 Å². The molecule has 0 fully saturated rings. The van der Waals surface area contributed by atoms with Gasteiger partial charge in [0.25, 0.3) is 0 Å². The third-order valence-corrected chi connectivity index (χ3v) is 1.83. The fourth-order valence-corrected chi connectivity index (χ4v) is 1.17. The molecule has 0 bridgehead atoms. The Kier molecular flexibility index (Phi) is 3.33. The minimum absolute atomic E-state index is 0.0170. The summed E-state index contributed by atoms with van der Waals surface area (Å²) in [5.41, 5.74) is 7.64. The lowest BCUT2D eigenvalue weighted by Gasteiger charge is -2.08. The molecule has 1 aromatic heterocycles. The Hall–Kier alpha value is -1.00. The molecule has 1 atom stereocenters. The van der Waals surface area contributed by atoms with Crippen molar-refractivity contribution in [1.29, 1.82) is 0 Å². The first-order chi connectivity index (χ1) is 6.15. The summed E-state index contributed by atoms with van der Waals surface area (Å²) in [6.45, 7) is 4.29. The number of nitrogens with zero attached hydrogens (tertiary/aromatic N) is 2. The van der Waals surface area contributed by atoms with Crippen LogP contribution in [0.25, 0.3) is 0 Å². The van der Waals surface area contributed by atoms with Crippen molar-refractivity contribution in [2.24, 2.45) is 5.73 Å². The topological polar surface area (TPSA) is 61.0 Å². The average Bonchev–Trinajstić information content (AvgIpc) is 2.04. The number of aryl methyl sites for hydroxylation is 1. The summed E-state index contributed by atoms with van der Waals surface area (Å²) in [6.07, 6.45) is 1.77. The molecular weight excluding hydrogens is 166 g/mol. The van der Waals surface area contributed by atoms with Crippen LogP contribution in [0, 0.1) is 6.92 Å². The molecule has 0 unspecified atom stereocenters. The van der Waals surface area contributed by atoms with Crippen LogP contribution >= 0.6 is 0 Å². The van der Waals surface area contributed by atoms with Crippen molar-refractivity contribution >= 4 is 0 Å². The van der Waals surface area contributed by atoms with E-state index in [1.807, 2.05) is 13.8 Å². The number of hydrogen-bond acceptors (Lipinski definition) is 4. The maximum atomic E-state index is 5.73. The minimum Gasteiger partial charge on any atom is -0.377 e. The molecule has 72 valence electrons. The lowest BCUT2D eigenvalue weighted by Crippen LogP contribution is -2.10. The molecule has 1 rings (SSSR count). The van der Waals surface area contributed by atoms with E-state index in [0.717, 1.165) is 11.3 Å². The predicted molar refractivity (Wildman–Crippen MR) is 50.1 cm³/mol. The fraction of sp³-hybridized carbons (Fsp3) is 0.556. The Bertz CT molecular complexity index is 286. The third-order valence-electron chi connectivity index (χ3n) is 1.83. The Labute approximate surface area is 78.1 Å². The van der Waals surface area contributed by atoms with Crippen LogP contribution in [0.2, 0.25) is 0 Å². The number of nitrogens with two attached hydrogens (primary N) is 1. The van der Waals surface area contributed by atoms with Gasteiger partial charge in [0, 0.05) is 30.6 Å². The molecule has 0 amide bonds. The molecule has 0 saturated carbocycles. The lowest BCUT2D eigenvalue weighted by molar-refractivity contribution is 0.177. The van der Waals surface area contributed by atoms with Gasteiger partial charge in [-0.3, -0.25) is 0 Å². The van der Waals surface area contributed by atoms with E-state index < -0.39 is 0 Å². The summed E-state index contributed by atoms with van der Waals surface area (Å²) in [4.78, 5) is 8.40. The molecule has 0 aliphatic rings. The normalized spacial score (nSPS) is 12.9. The molecule has 1 aromatic rings. The van der Waals surface area contributed by atoms with Crippen molar-refractivity contribution in [3.05, 3.63) is 23.3 Å². The smallest absolute Gasteiger partial charge is 0.154 e. The van der Waals surface area contributed by atoms with Crippen molar-refractivity contribution in [2.45, 2.75) is 26.5 Å². The van der Waals surface area contributed by atoms with Gasteiger partial charge in [0.15, 0.2) is 5.82 Å². The standard InChI is InChI=1S/C9H15N3O/c1-6(10)8-4-11-9(5-13-3)12-7(8)2/h4,6H,5,10H2,1-3H3/t6-/m1/s1. The highest BCUT2D eigenvalue weighted by molar-refractivity contribution is 5.19. The van der Waals surface area contributed by atoms with Crippen LogP contribution in [-0.2, 0) is 11.3 Å². The predicted octanol–water partition coefficient (Wildman–Crippen LogP) is 0.951. The van der Waals surface area contributed by atoms with E-state index in [-0.39, 0.29) is 6.04 Å². The van der Waals surface area contributed by atoms with Crippen LogP contribution in [0.5, 0.6) is 0 Å². The maximum Gasteiger partial charge on any atom is 0.154 e. The summed E-state index contributed by atoms with van der Waals surface area (Å²) in [5.74, 6) is 0.699. The molecule has 0 aliphatic heterocycles. The van der Waals surface area contributed by atoms with Crippen LogP contribution < -0.4 is 5.73 Å². The van der Waals surface area contributed by atoms with Gasteiger partial charge in [-0.1, -0.05) is 0 Å². The Balaban J connectivity index is 2.92. The summed E-state index contributed by atoms with van der Waals surface area (Å²) < 4.78 is 4.93. The maximum absolute atomic E-state index is 5.73. The van der Waals surface area contributed by atoms with Gasteiger partial charge < -0.3 is 10.5 Å². The molecule has 0 aliphatic carbocycles. The van der Waals surface area contributed by atoms with E-state index in [0.29, 0.717) is 12.4 Å². The molecule has 13 heavy (non-hydrogen) atoms. The van der Waals surface area contributed by atoms with E-state index in [9.17, 15) is 0 Å². The molecule has 0 spiro atoms. The first-order valence-electron chi connectivity index (χ1n) is 4.22. The lowest BCUT2D eigenvalue weighted by atomic mass is 10.1. The van der Waals surface area contributed by atoms with Gasteiger partial charge in [-0.05, 0) is 13.8 Å². The van der Waals surface area contributed by atoms with Gasteiger partial charge in [0.05, 0.1) is 0 Å². The summed E-state index contributed by atoms with van der Waals surface area (Å²) >= 11 is 0. The number of methoxy groups -OCH3 is 1. The van der Waals surface area contributed by atoms with Gasteiger partial charge in [-0.2, -0.15) is 0 Å². The van der Waals surface area contributed by atoms with Gasteiger partial charge in [-0.25, -0.2) is 9.97 Å². The quantitative estimate of drug-likeness (QED) is 0.754. The van der Waals surface area contributed by atoms with E-state index in [4.69, 9.17) is 10.5 Å². The number of ether oxygens (including phenoxy) is 1. The first kappa shape index (κ1) is 10.1. The molecular formula is C9H15N3O. The van der Waals surface area contributed by atoms with E-state index in [2.05, 4.69) is 9.97 Å². The molecule has 2 N–H and O–H groups in total. The van der Waals surface area contributed by atoms with E-state index in [1.54, 1.807) is 13.3 Å². The van der Waals surface area contributed by atoms with Gasteiger partial charge in [0.1, 0.15) is 6.61 Å². The molecule has 4 heteroatoms. The zero-order valence-electron chi connectivity index (χ0n) is 8.24. The summed E-state index contributed by atoms with van der Waals surface area (Å²) in [7, 11) is 1.62. The molecule has 0 radical (unpaired) electrons. The molecule has 0 aromatic carbocycles. The second kappa shape index (κ2) is 4.30. The Morgan fingerprint density at radius 3 is 2.77 bits per heavy atom. The average molecular weight is 181 g/mol. The third kappa shape index (κ3) is 2.47. The van der Waals surface area contributed by atoms with Crippen molar-refractivity contribution < 1.29 is 4.74 Å². The monoisotopic (exact) mass is 181 g/mol. The minimum atomic E-state index is -0.0170. The van der Waals surface area contributed by atoms with Crippen molar-refractivity contribution in [3.8, 4) is 0 Å². The molecule has 1 heterocycles. The van der Waals surface area contributed by atoms with Gasteiger partial charge >= 0.3 is 0 Å². The zero-order chi connectivity index (χ0) is 9.84. The van der Waals surface area contributed by atoms with Crippen molar-refractivity contribution in [2.75, 3.05) is 7.11 Å². The number of aromatic nitrogens is 2. The second-order valence-corrected chi connectivity index (χ2v) is 3.05. The van der Waals surface area contributed by atoms with Crippen molar-refractivity contribution in [3.63, 3.8) is 0 Å². The highest BCUT2D eigenvalue weighted by Crippen LogP contribution is 2.11. The van der Waals surface area contributed by atoms with Crippen molar-refractivity contribution in [1.82, 2.24) is 9.97 Å². The molecule has 4 nitrogen and oxygen atoms in total. The first-order valence-corrected chi connectivity index (χ1v) is 4.22. The zero-order valence-corrected chi connectivity index (χ0v) is 8.24. The Morgan fingerprint density at radius 1 is 1.62 bits per heavy atom. The van der Waals surface area contributed by atoms with Crippen LogP contribution in [0.15, 0.2) is 6.20 Å². The highest BCUT2D eigenvalue weighted by atomic mass is 16.5. The van der Waals surface area contributed by atoms with Gasteiger partial charge in [0.2, 0.25) is 0 Å². The van der Waals surface area contributed by atoms with Gasteiger partial charge in [-0.15, -0.1) is 0 Å².